The lowest BCUT2D eigenvalue weighted by Crippen LogP contribution is -2.41. The number of fused-ring (bicyclic) bond motifs is 1. The molecule has 2 aliphatic rings. The molecule has 2 aliphatic heterocycles. The van der Waals surface area contributed by atoms with Crippen LogP contribution in [0.4, 0.5) is 4.39 Å². The van der Waals surface area contributed by atoms with E-state index < -0.39 is 35.9 Å². The number of unbranched alkanes of at least 4 members (excludes halogenated alkanes) is 1. The number of carbonyl (C=O) groups is 1. The smallest absolute Gasteiger partial charge is 0.451 e. The number of benzene rings is 1. The maximum absolute atomic E-state index is 14.5. The number of hydrogen-bond acceptors (Lipinski definition) is 6. The van der Waals surface area contributed by atoms with Gasteiger partial charge in [-0.25, -0.2) is 9.18 Å². The molecule has 2 heterocycles. The number of carbonyl (C=O) groups excluding carboxylic acids is 1. The van der Waals surface area contributed by atoms with Crippen LogP contribution in [0.1, 0.15) is 83.1 Å². The average Bonchev–Trinajstić information content (AvgIpc) is 2.83. The quantitative estimate of drug-likeness (QED) is 0.321. The third-order valence-corrected chi connectivity index (χ3v) is 6.21. The summed E-state index contributed by atoms with van der Waals surface area (Å²) in [5, 5.41) is 0. The molecule has 1 saturated heterocycles. The van der Waals surface area contributed by atoms with Gasteiger partial charge in [0.1, 0.15) is 17.1 Å². The van der Waals surface area contributed by atoms with Gasteiger partial charge in [0.2, 0.25) is 5.79 Å². The van der Waals surface area contributed by atoms with Gasteiger partial charge in [-0.3, -0.25) is 0 Å². The highest BCUT2D eigenvalue weighted by molar-refractivity contribution is 6.45. The Morgan fingerprint density at radius 3 is 2.32 bits per heavy atom. The van der Waals surface area contributed by atoms with E-state index in [4.69, 9.17) is 23.5 Å². The average molecular weight is 436 g/mol. The minimum absolute atomic E-state index is 0.177. The molecule has 31 heavy (non-hydrogen) atoms. The normalized spacial score (nSPS) is 21.9. The maximum Gasteiger partial charge on any atom is 0.458 e. The molecular weight excluding hydrogens is 402 g/mol. The van der Waals surface area contributed by atoms with Crippen molar-refractivity contribution >= 4 is 13.1 Å². The topological polar surface area (TPSA) is 63.2 Å². The summed E-state index contributed by atoms with van der Waals surface area (Å²) >= 11 is 0. The first-order valence-corrected chi connectivity index (χ1v) is 11.0. The molecule has 0 aliphatic carbocycles. The predicted octanol–water partition coefficient (Wildman–Crippen LogP) is 5.10. The number of ether oxygens (including phenoxy) is 3. The van der Waals surface area contributed by atoms with E-state index in [1.54, 1.807) is 19.9 Å². The lowest BCUT2D eigenvalue weighted by molar-refractivity contribution is -0.128. The van der Waals surface area contributed by atoms with E-state index in [9.17, 15) is 9.18 Å². The summed E-state index contributed by atoms with van der Waals surface area (Å²) in [6, 6.07) is 2.93. The Balaban J connectivity index is 1.93. The van der Waals surface area contributed by atoms with Gasteiger partial charge in [0.25, 0.3) is 0 Å². The molecule has 0 amide bonds. The second-order valence-corrected chi connectivity index (χ2v) is 9.78. The molecule has 1 fully saturated rings. The van der Waals surface area contributed by atoms with Crippen LogP contribution in [0.15, 0.2) is 12.1 Å². The first-order valence-electron chi connectivity index (χ1n) is 11.0. The van der Waals surface area contributed by atoms with Gasteiger partial charge < -0.3 is 23.5 Å². The van der Waals surface area contributed by atoms with Crippen molar-refractivity contribution in [2.45, 2.75) is 90.5 Å². The SMILES string of the molecule is CCCCOCC(CB1OC(C)(C)C(C)(C)O1)c1ccc(F)c2c1OC(C)(C)OC2=O. The molecule has 0 radical (unpaired) electrons. The van der Waals surface area contributed by atoms with Crippen molar-refractivity contribution in [2.24, 2.45) is 0 Å². The van der Waals surface area contributed by atoms with E-state index in [0.717, 1.165) is 12.8 Å². The number of halogens is 1. The number of cyclic esters (lactones) is 1. The fourth-order valence-corrected chi connectivity index (χ4v) is 3.79. The first kappa shape index (κ1) is 24.0. The van der Waals surface area contributed by atoms with Crippen molar-refractivity contribution in [3.05, 3.63) is 29.1 Å². The Kier molecular flexibility index (Phi) is 6.75. The van der Waals surface area contributed by atoms with Gasteiger partial charge >= 0.3 is 13.1 Å². The van der Waals surface area contributed by atoms with Crippen LogP contribution in [-0.4, -0.2) is 43.3 Å². The standard InChI is InChI=1S/C23H34BFO6/c1-8-9-12-27-14-15(13-24-30-21(2,3)22(4,5)31-24)16-10-11-17(25)18-19(16)28-23(6,7)29-20(18)26/h10-11,15H,8-9,12-14H2,1-7H3. The molecule has 1 atom stereocenters. The molecule has 172 valence electrons. The third kappa shape index (κ3) is 5.07. The largest absolute Gasteiger partial charge is 0.458 e. The van der Waals surface area contributed by atoms with Crippen molar-refractivity contribution in [3.63, 3.8) is 0 Å². The van der Waals surface area contributed by atoms with Crippen LogP contribution in [0.2, 0.25) is 6.32 Å². The van der Waals surface area contributed by atoms with Crippen LogP contribution in [-0.2, 0) is 18.8 Å². The van der Waals surface area contributed by atoms with E-state index >= 15 is 0 Å². The van der Waals surface area contributed by atoms with Crippen molar-refractivity contribution < 1.29 is 32.7 Å². The van der Waals surface area contributed by atoms with Crippen LogP contribution < -0.4 is 4.74 Å². The van der Waals surface area contributed by atoms with Crippen LogP contribution >= 0.6 is 0 Å². The molecule has 0 bridgehead atoms. The van der Waals surface area contributed by atoms with Crippen molar-refractivity contribution in [3.8, 4) is 5.75 Å². The van der Waals surface area contributed by atoms with Gasteiger partial charge in [0, 0.05) is 31.9 Å². The van der Waals surface area contributed by atoms with Gasteiger partial charge in [-0.1, -0.05) is 19.4 Å². The predicted molar refractivity (Wildman–Crippen MR) is 116 cm³/mol. The summed E-state index contributed by atoms with van der Waals surface area (Å²) in [4.78, 5) is 12.5. The van der Waals surface area contributed by atoms with Gasteiger partial charge in [-0.05, 0) is 46.5 Å². The molecule has 1 aromatic rings. The summed E-state index contributed by atoms with van der Waals surface area (Å²) in [5.41, 5.74) is -0.414. The van der Waals surface area contributed by atoms with Crippen LogP contribution in [0.25, 0.3) is 0 Å². The van der Waals surface area contributed by atoms with Gasteiger partial charge in [0.05, 0.1) is 17.8 Å². The van der Waals surface area contributed by atoms with Crippen molar-refractivity contribution in [1.29, 1.82) is 0 Å². The maximum atomic E-state index is 14.5. The minimum Gasteiger partial charge on any atom is -0.451 e. The Labute approximate surface area is 184 Å². The fourth-order valence-electron chi connectivity index (χ4n) is 3.79. The van der Waals surface area contributed by atoms with E-state index in [1.807, 2.05) is 27.7 Å². The first-order chi connectivity index (χ1) is 14.4. The highest BCUT2D eigenvalue weighted by atomic mass is 19.1. The van der Waals surface area contributed by atoms with Crippen LogP contribution in [0.3, 0.4) is 0 Å². The molecule has 0 N–H and O–H groups in total. The van der Waals surface area contributed by atoms with Crippen molar-refractivity contribution in [2.75, 3.05) is 13.2 Å². The highest BCUT2D eigenvalue weighted by Crippen LogP contribution is 2.44. The molecule has 8 heteroatoms. The third-order valence-electron chi connectivity index (χ3n) is 6.21. The monoisotopic (exact) mass is 436 g/mol. The van der Waals surface area contributed by atoms with Crippen LogP contribution in [0.5, 0.6) is 5.75 Å². The summed E-state index contributed by atoms with van der Waals surface area (Å²) < 4.78 is 44.0. The fraction of sp³-hybridized carbons (Fsp3) is 0.696. The number of rotatable bonds is 8. The zero-order chi connectivity index (χ0) is 23.0. The van der Waals surface area contributed by atoms with E-state index in [-0.39, 0.29) is 17.2 Å². The molecule has 1 aromatic carbocycles. The molecule has 0 aromatic heterocycles. The second kappa shape index (κ2) is 8.72. The Hall–Kier alpha value is -1.64. The molecule has 0 spiro atoms. The Morgan fingerprint density at radius 2 is 1.71 bits per heavy atom. The molecule has 3 rings (SSSR count). The Morgan fingerprint density at radius 1 is 1.06 bits per heavy atom. The van der Waals surface area contributed by atoms with Crippen LogP contribution in [0, 0.1) is 5.82 Å². The summed E-state index contributed by atoms with van der Waals surface area (Å²) in [5.74, 6) is -2.60. The zero-order valence-corrected chi connectivity index (χ0v) is 19.7. The summed E-state index contributed by atoms with van der Waals surface area (Å²) in [7, 11) is -0.464. The number of hydrogen-bond donors (Lipinski definition) is 0. The molecular formula is C23H34BFO6. The van der Waals surface area contributed by atoms with Crippen molar-refractivity contribution in [1.82, 2.24) is 0 Å². The molecule has 1 unspecified atom stereocenters. The Bertz CT molecular complexity index is 807. The van der Waals surface area contributed by atoms with Gasteiger partial charge in [-0.2, -0.15) is 0 Å². The minimum atomic E-state index is -1.19. The zero-order valence-electron chi connectivity index (χ0n) is 19.7. The lowest BCUT2D eigenvalue weighted by Gasteiger charge is -2.34. The van der Waals surface area contributed by atoms with E-state index in [1.165, 1.54) is 6.07 Å². The highest BCUT2D eigenvalue weighted by Gasteiger charge is 2.51. The van der Waals surface area contributed by atoms with Gasteiger partial charge in [-0.15, -0.1) is 0 Å². The summed E-state index contributed by atoms with van der Waals surface area (Å²) in [6.07, 6.45) is 2.45. The summed E-state index contributed by atoms with van der Waals surface area (Å²) in [6.45, 7) is 14.4. The lowest BCUT2D eigenvalue weighted by atomic mass is 9.74. The van der Waals surface area contributed by atoms with E-state index in [0.29, 0.717) is 25.1 Å². The molecule has 6 nitrogen and oxygen atoms in total. The van der Waals surface area contributed by atoms with E-state index in [2.05, 4.69) is 6.92 Å². The molecule has 0 saturated carbocycles. The number of esters is 1. The second-order valence-electron chi connectivity index (χ2n) is 9.78. The van der Waals surface area contributed by atoms with Gasteiger partial charge in [0.15, 0.2) is 0 Å².